The molecule has 110 valence electrons. The summed E-state index contributed by atoms with van der Waals surface area (Å²) in [5.41, 5.74) is -0.831. The first-order valence-electron chi connectivity index (χ1n) is 5.96. The van der Waals surface area contributed by atoms with E-state index in [1.165, 1.54) is 12.1 Å². The van der Waals surface area contributed by atoms with Gasteiger partial charge in [-0.15, -0.1) is 0 Å². The van der Waals surface area contributed by atoms with Crippen LogP contribution in [0.5, 0.6) is 0 Å². The van der Waals surface area contributed by atoms with Crippen molar-refractivity contribution >= 4 is 21.9 Å². The van der Waals surface area contributed by atoms with Gasteiger partial charge in [-0.2, -0.15) is 13.2 Å². The average Bonchev–Trinajstić information content (AvgIpc) is 2.44. The van der Waals surface area contributed by atoms with Crippen LogP contribution < -0.4 is 0 Å². The van der Waals surface area contributed by atoms with Crippen LogP contribution in [0.4, 0.5) is 13.2 Å². The van der Waals surface area contributed by atoms with E-state index in [2.05, 4.69) is 15.9 Å². The molecule has 21 heavy (non-hydrogen) atoms. The molecule has 0 unspecified atom stereocenters. The molecule has 2 aromatic rings. The molecule has 0 heterocycles. The SMILES string of the molecule is O=C(OCc1ccccc1)c1c(Br)cccc1C(F)(F)F. The molecule has 0 radical (unpaired) electrons. The monoisotopic (exact) mass is 358 g/mol. The smallest absolute Gasteiger partial charge is 0.417 e. The predicted molar refractivity (Wildman–Crippen MR) is 74.7 cm³/mol. The van der Waals surface area contributed by atoms with Gasteiger partial charge in [0.15, 0.2) is 0 Å². The van der Waals surface area contributed by atoms with Crippen molar-refractivity contribution in [1.82, 2.24) is 0 Å². The van der Waals surface area contributed by atoms with Crippen LogP contribution in [0, 0.1) is 0 Å². The zero-order valence-corrected chi connectivity index (χ0v) is 12.2. The highest BCUT2D eigenvalue weighted by atomic mass is 79.9. The number of rotatable bonds is 3. The number of esters is 1. The Morgan fingerprint density at radius 1 is 1.05 bits per heavy atom. The van der Waals surface area contributed by atoms with Gasteiger partial charge in [-0.3, -0.25) is 0 Å². The minimum absolute atomic E-state index is 0.0513. The van der Waals surface area contributed by atoms with Crippen molar-refractivity contribution in [2.75, 3.05) is 0 Å². The molecule has 0 aliphatic carbocycles. The van der Waals surface area contributed by atoms with Crippen LogP contribution in [0.15, 0.2) is 53.0 Å². The highest BCUT2D eigenvalue weighted by molar-refractivity contribution is 9.10. The maximum atomic E-state index is 12.9. The van der Waals surface area contributed by atoms with Gasteiger partial charge in [0, 0.05) is 4.47 Å². The van der Waals surface area contributed by atoms with E-state index in [4.69, 9.17) is 4.74 Å². The van der Waals surface area contributed by atoms with E-state index in [9.17, 15) is 18.0 Å². The van der Waals surface area contributed by atoms with E-state index in [1.54, 1.807) is 30.3 Å². The van der Waals surface area contributed by atoms with E-state index >= 15 is 0 Å². The lowest BCUT2D eigenvalue weighted by Crippen LogP contribution is -2.15. The number of carbonyl (C=O) groups is 1. The molecule has 0 bridgehead atoms. The van der Waals surface area contributed by atoms with Crippen LogP contribution in [0.25, 0.3) is 0 Å². The fourth-order valence-corrected chi connectivity index (χ4v) is 2.29. The molecule has 0 amide bonds. The zero-order valence-electron chi connectivity index (χ0n) is 10.7. The first-order chi connectivity index (χ1) is 9.89. The quantitative estimate of drug-likeness (QED) is 0.735. The molecule has 0 N–H and O–H groups in total. The van der Waals surface area contributed by atoms with Crippen LogP contribution in [0.3, 0.4) is 0 Å². The summed E-state index contributed by atoms with van der Waals surface area (Å²) in [6.45, 7) is -0.0850. The molecule has 2 nitrogen and oxygen atoms in total. The van der Waals surface area contributed by atoms with Crippen LogP contribution >= 0.6 is 15.9 Å². The van der Waals surface area contributed by atoms with Crippen molar-refractivity contribution in [1.29, 1.82) is 0 Å². The lowest BCUT2D eigenvalue weighted by atomic mass is 10.1. The largest absolute Gasteiger partial charge is 0.457 e. The summed E-state index contributed by atoms with van der Waals surface area (Å²) in [4.78, 5) is 12.0. The second-order valence-electron chi connectivity index (χ2n) is 4.22. The molecule has 0 atom stereocenters. The van der Waals surface area contributed by atoms with Crippen molar-refractivity contribution in [3.05, 3.63) is 69.7 Å². The topological polar surface area (TPSA) is 26.3 Å². The van der Waals surface area contributed by atoms with E-state index in [0.717, 1.165) is 6.07 Å². The molecule has 0 aromatic heterocycles. The van der Waals surface area contributed by atoms with Crippen LogP contribution in [-0.4, -0.2) is 5.97 Å². The molecule has 0 fully saturated rings. The summed E-state index contributed by atoms with van der Waals surface area (Å²) in [7, 11) is 0. The number of hydrogen-bond acceptors (Lipinski definition) is 2. The number of halogens is 4. The van der Waals surface area contributed by atoms with Crippen LogP contribution in [-0.2, 0) is 17.5 Å². The summed E-state index contributed by atoms with van der Waals surface area (Å²) in [5.74, 6) is -1.02. The summed E-state index contributed by atoms with van der Waals surface area (Å²) in [5, 5.41) is 0. The van der Waals surface area contributed by atoms with Crippen LogP contribution in [0.1, 0.15) is 21.5 Å². The van der Waals surface area contributed by atoms with Gasteiger partial charge in [0.05, 0.1) is 11.1 Å². The van der Waals surface area contributed by atoms with E-state index in [-0.39, 0.29) is 11.1 Å². The summed E-state index contributed by atoms with van der Waals surface area (Å²) < 4.78 is 43.8. The van der Waals surface area contributed by atoms with Gasteiger partial charge in [-0.05, 0) is 33.6 Å². The predicted octanol–water partition coefficient (Wildman–Crippen LogP) is 4.82. The van der Waals surface area contributed by atoms with Crippen LogP contribution in [0.2, 0.25) is 0 Å². The minimum Gasteiger partial charge on any atom is -0.457 e. The highest BCUT2D eigenvalue weighted by Crippen LogP contribution is 2.35. The second-order valence-corrected chi connectivity index (χ2v) is 5.08. The van der Waals surface area contributed by atoms with Gasteiger partial charge < -0.3 is 4.74 Å². The molecule has 0 spiro atoms. The van der Waals surface area contributed by atoms with Crippen molar-refractivity contribution < 1.29 is 22.7 Å². The third kappa shape index (κ3) is 3.85. The molecule has 0 saturated heterocycles. The lowest BCUT2D eigenvalue weighted by molar-refractivity contribution is -0.138. The lowest BCUT2D eigenvalue weighted by Gasteiger charge is -2.13. The van der Waals surface area contributed by atoms with Crippen molar-refractivity contribution in [3.63, 3.8) is 0 Å². The third-order valence-corrected chi connectivity index (χ3v) is 3.40. The molecule has 6 heteroatoms. The van der Waals surface area contributed by atoms with Crippen molar-refractivity contribution in [3.8, 4) is 0 Å². The Morgan fingerprint density at radius 3 is 2.33 bits per heavy atom. The summed E-state index contributed by atoms with van der Waals surface area (Å²) in [6, 6.07) is 12.2. The average molecular weight is 359 g/mol. The second kappa shape index (κ2) is 6.30. The Kier molecular flexibility index (Phi) is 4.67. The van der Waals surface area contributed by atoms with Gasteiger partial charge in [0.1, 0.15) is 6.61 Å². The molecule has 2 rings (SSSR count). The highest BCUT2D eigenvalue weighted by Gasteiger charge is 2.36. The Bertz CT molecular complexity index is 639. The van der Waals surface area contributed by atoms with Gasteiger partial charge in [0.2, 0.25) is 0 Å². The number of benzene rings is 2. The zero-order chi connectivity index (χ0) is 15.5. The standard InChI is InChI=1S/C15H10BrF3O2/c16-12-8-4-7-11(15(17,18)19)13(12)14(20)21-9-10-5-2-1-3-6-10/h1-8H,9H2. The molecular weight excluding hydrogens is 349 g/mol. The Hall–Kier alpha value is -1.82. The number of carbonyl (C=O) groups excluding carboxylic acids is 1. The number of hydrogen-bond donors (Lipinski definition) is 0. The van der Waals surface area contributed by atoms with Gasteiger partial charge in [-0.25, -0.2) is 4.79 Å². The Morgan fingerprint density at radius 2 is 1.71 bits per heavy atom. The normalized spacial score (nSPS) is 11.2. The Balaban J connectivity index is 2.23. The van der Waals surface area contributed by atoms with E-state index in [1.807, 2.05) is 0 Å². The molecule has 0 aliphatic heterocycles. The van der Waals surface area contributed by atoms with Gasteiger partial charge in [0.25, 0.3) is 0 Å². The van der Waals surface area contributed by atoms with E-state index < -0.39 is 23.3 Å². The molecule has 0 aliphatic rings. The van der Waals surface area contributed by atoms with Crippen molar-refractivity contribution in [2.24, 2.45) is 0 Å². The molecule has 2 aromatic carbocycles. The summed E-state index contributed by atoms with van der Waals surface area (Å²) >= 11 is 2.97. The Labute approximate surface area is 127 Å². The maximum absolute atomic E-state index is 12.9. The number of alkyl halides is 3. The number of ether oxygens (including phenoxy) is 1. The fourth-order valence-electron chi connectivity index (χ4n) is 1.76. The maximum Gasteiger partial charge on any atom is 0.417 e. The molecular formula is C15H10BrF3O2. The van der Waals surface area contributed by atoms with Gasteiger partial charge >= 0.3 is 12.1 Å². The fraction of sp³-hybridized carbons (Fsp3) is 0.133. The third-order valence-electron chi connectivity index (χ3n) is 2.74. The van der Waals surface area contributed by atoms with Crippen molar-refractivity contribution in [2.45, 2.75) is 12.8 Å². The minimum atomic E-state index is -4.62. The molecule has 0 saturated carbocycles. The first kappa shape index (κ1) is 15.6. The van der Waals surface area contributed by atoms with Gasteiger partial charge in [-0.1, -0.05) is 36.4 Å². The summed E-state index contributed by atoms with van der Waals surface area (Å²) in [6.07, 6.45) is -4.62. The van der Waals surface area contributed by atoms with E-state index in [0.29, 0.717) is 5.56 Å². The first-order valence-corrected chi connectivity index (χ1v) is 6.75.